The van der Waals surface area contributed by atoms with E-state index in [2.05, 4.69) is 31.4 Å². The summed E-state index contributed by atoms with van der Waals surface area (Å²) in [6.07, 6.45) is 4.77. The molecular weight excluding hydrogens is 827 g/mol. The zero-order valence-electron chi connectivity index (χ0n) is 27.7. The van der Waals surface area contributed by atoms with E-state index in [1.54, 1.807) is 103 Å². The Balaban J connectivity index is 1.19. The van der Waals surface area contributed by atoms with Crippen molar-refractivity contribution < 1.29 is 28.2 Å². The highest BCUT2D eigenvalue weighted by Gasteiger charge is 2.34. The quantitative estimate of drug-likeness (QED) is 0.0713. The van der Waals surface area contributed by atoms with Gasteiger partial charge in [-0.05, 0) is 108 Å². The summed E-state index contributed by atoms with van der Waals surface area (Å²) in [5, 5.41) is 13.4. The first-order valence-corrected chi connectivity index (χ1v) is 18.5. The number of carbonyl (C=O) groups is 2. The number of furan rings is 1. The summed E-state index contributed by atoms with van der Waals surface area (Å²) in [6, 6.07) is 26.1. The van der Waals surface area contributed by atoms with Crippen LogP contribution in [0.25, 0.3) is 6.08 Å². The predicted molar refractivity (Wildman–Crippen MR) is 213 cm³/mol. The Hall–Kier alpha value is -4.72. The number of amidine groups is 1. The van der Waals surface area contributed by atoms with E-state index in [9.17, 15) is 9.59 Å². The lowest BCUT2D eigenvalue weighted by Crippen LogP contribution is -2.28. The van der Waals surface area contributed by atoms with Crippen molar-refractivity contribution in [3.8, 4) is 17.2 Å². The number of methoxy groups -OCH3 is 1. The molecule has 1 aliphatic rings. The van der Waals surface area contributed by atoms with Gasteiger partial charge in [-0.25, -0.2) is 0 Å². The van der Waals surface area contributed by atoms with Crippen LogP contribution in [-0.4, -0.2) is 41.8 Å². The van der Waals surface area contributed by atoms with Gasteiger partial charge in [0.1, 0.15) is 18.1 Å². The van der Waals surface area contributed by atoms with Crippen molar-refractivity contribution in [3.05, 3.63) is 144 Å². The van der Waals surface area contributed by atoms with E-state index < -0.39 is 0 Å². The maximum Gasteiger partial charge on any atom is 0.267 e. The number of ether oxygens (including phenoxy) is 3. The molecule has 2 amide bonds. The van der Waals surface area contributed by atoms with E-state index in [0.717, 1.165) is 21.8 Å². The largest absolute Gasteiger partial charge is 0.493 e. The number of hydrogen-bond donors (Lipinski definition) is 1. The molecular formula is C38H28BrCl3N4O6S. The highest BCUT2D eigenvalue weighted by atomic mass is 79.9. The van der Waals surface area contributed by atoms with Gasteiger partial charge in [0.25, 0.3) is 11.8 Å². The molecule has 1 aromatic heterocycles. The number of thioether (sulfide) groups is 1. The molecule has 15 heteroatoms. The summed E-state index contributed by atoms with van der Waals surface area (Å²) < 4.78 is 23.7. The summed E-state index contributed by atoms with van der Waals surface area (Å²) in [5.41, 5.74) is 2.62. The number of nitrogens with zero attached hydrogens (tertiary/aromatic N) is 3. The molecule has 6 rings (SSSR count). The lowest BCUT2D eigenvalue weighted by atomic mass is 10.2. The maximum atomic E-state index is 13.8. The Labute approximate surface area is 332 Å². The van der Waals surface area contributed by atoms with Crippen molar-refractivity contribution in [2.75, 3.05) is 19.0 Å². The molecule has 1 fully saturated rings. The molecule has 0 spiro atoms. The molecule has 2 heterocycles. The van der Waals surface area contributed by atoms with Crippen LogP contribution < -0.4 is 19.5 Å². The van der Waals surface area contributed by atoms with Crippen LogP contribution in [0.15, 0.2) is 121 Å². The molecule has 0 atom stereocenters. The third kappa shape index (κ3) is 10.2. The third-order valence-electron chi connectivity index (χ3n) is 7.46. The number of anilines is 1. The van der Waals surface area contributed by atoms with Crippen LogP contribution in [0.2, 0.25) is 15.1 Å². The minimum atomic E-state index is -0.361. The third-order valence-corrected chi connectivity index (χ3v) is 9.79. The summed E-state index contributed by atoms with van der Waals surface area (Å²) in [6.45, 7) is 0.0875. The average molecular weight is 855 g/mol. The first-order valence-electron chi connectivity index (χ1n) is 15.7. The van der Waals surface area contributed by atoms with Crippen LogP contribution in [0.4, 0.5) is 5.69 Å². The Kier molecular flexibility index (Phi) is 12.8. The van der Waals surface area contributed by atoms with Crippen LogP contribution in [0.1, 0.15) is 22.5 Å². The highest BCUT2D eigenvalue weighted by molar-refractivity contribution is 9.10. The second kappa shape index (κ2) is 17.9. The number of halogens is 4. The van der Waals surface area contributed by atoms with E-state index in [0.29, 0.717) is 65.0 Å². The average Bonchev–Trinajstić information content (AvgIpc) is 3.76. The molecule has 5 aromatic rings. The predicted octanol–water partition coefficient (Wildman–Crippen LogP) is 10.1. The van der Waals surface area contributed by atoms with Gasteiger partial charge in [-0.2, -0.15) is 5.10 Å². The van der Waals surface area contributed by atoms with Gasteiger partial charge in [0, 0.05) is 36.4 Å². The normalized spacial score (nSPS) is 14.4. The maximum absolute atomic E-state index is 13.8. The lowest BCUT2D eigenvalue weighted by Gasteiger charge is -2.13. The van der Waals surface area contributed by atoms with Crippen molar-refractivity contribution in [1.82, 2.24) is 4.90 Å². The Morgan fingerprint density at radius 2 is 1.74 bits per heavy atom. The van der Waals surface area contributed by atoms with Crippen molar-refractivity contribution in [2.45, 2.75) is 13.2 Å². The smallest absolute Gasteiger partial charge is 0.267 e. The number of nitrogens with one attached hydrogen (secondary N) is 1. The number of hydrogen-bond acceptors (Lipinski definition) is 9. The summed E-state index contributed by atoms with van der Waals surface area (Å²) >= 11 is 22.9. The lowest BCUT2D eigenvalue weighted by molar-refractivity contribution is -0.122. The summed E-state index contributed by atoms with van der Waals surface area (Å²) in [4.78, 5) is 28.2. The molecule has 0 bridgehead atoms. The monoisotopic (exact) mass is 852 g/mol. The summed E-state index contributed by atoms with van der Waals surface area (Å²) in [5.74, 6) is 1.29. The minimum Gasteiger partial charge on any atom is -0.493 e. The van der Waals surface area contributed by atoms with Crippen LogP contribution >= 0.6 is 62.5 Å². The highest BCUT2D eigenvalue weighted by Crippen LogP contribution is 2.36. The van der Waals surface area contributed by atoms with Gasteiger partial charge in [0.15, 0.2) is 23.3 Å². The fraction of sp³-hybridized carbons (Fsp3) is 0.105. The standard InChI is InChI=1S/C38H28BrCl3N4O6S/c1-49-34-15-23(4-12-33(34)51-21-24-5-7-28(41)18-31(24)42)19-43-45-38-46(20-30-3-2-14-50-30)37(48)35(53-38)17-25-16-26(39)6-13-32(25)52-22-36(47)44-29-10-8-27(40)9-11-29/h2-19H,20-22H2,1H3,(H,44,47)/b35-17-,43-19+,45-38-. The van der Waals surface area contributed by atoms with Crippen LogP contribution in [0.5, 0.6) is 17.2 Å². The fourth-order valence-electron chi connectivity index (χ4n) is 4.88. The van der Waals surface area contributed by atoms with Crippen molar-refractivity contribution in [3.63, 3.8) is 0 Å². The van der Waals surface area contributed by atoms with Gasteiger partial charge in [-0.1, -0.05) is 56.8 Å². The Morgan fingerprint density at radius 3 is 2.49 bits per heavy atom. The van der Waals surface area contributed by atoms with Crippen molar-refractivity contribution in [2.24, 2.45) is 10.2 Å². The van der Waals surface area contributed by atoms with E-state index in [4.69, 9.17) is 53.4 Å². The van der Waals surface area contributed by atoms with Gasteiger partial charge in [-0.15, -0.1) is 5.10 Å². The fourth-order valence-corrected chi connectivity index (χ4v) is 6.78. The Bertz CT molecular complexity index is 2210. The second-order valence-electron chi connectivity index (χ2n) is 11.2. The van der Waals surface area contributed by atoms with E-state index in [1.165, 1.54) is 18.3 Å². The van der Waals surface area contributed by atoms with E-state index in [1.807, 2.05) is 0 Å². The molecule has 1 N–H and O–H groups in total. The van der Waals surface area contributed by atoms with Crippen LogP contribution in [0.3, 0.4) is 0 Å². The molecule has 53 heavy (non-hydrogen) atoms. The molecule has 1 saturated heterocycles. The molecule has 10 nitrogen and oxygen atoms in total. The molecule has 0 unspecified atom stereocenters. The molecule has 0 saturated carbocycles. The molecule has 270 valence electrons. The number of amides is 2. The van der Waals surface area contributed by atoms with Gasteiger partial charge in [0.2, 0.25) is 0 Å². The van der Waals surface area contributed by atoms with Crippen molar-refractivity contribution in [1.29, 1.82) is 0 Å². The van der Waals surface area contributed by atoms with Crippen LogP contribution in [0, 0.1) is 0 Å². The SMILES string of the molecule is COc1cc(/C=N/N=C2\S/C(=C\c3cc(Br)ccc3OCC(=O)Nc3ccc(Cl)cc3)C(=O)N2Cc2ccco2)ccc1OCc1ccc(Cl)cc1Cl. The minimum absolute atomic E-state index is 0.134. The van der Waals surface area contributed by atoms with E-state index in [-0.39, 0.29) is 31.6 Å². The Morgan fingerprint density at radius 1 is 0.943 bits per heavy atom. The molecule has 0 radical (unpaired) electrons. The molecule has 4 aromatic carbocycles. The topological polar surface area (TPSA) is 115 Å². The zero-order chi connectivity index (χ0) is 37.3. The number of carbonyl (C=O) groups excluding carboxylic acids is 2. The second-order valence-corrected chi connectivity index (χ2v) is 14.4. The van der Waals surface area contributed by atoms with Crippen molar-refractivity contribution >= 4 is 97.5 Å². The first-order chi connectivity index (χ1) is 25.6. The molecule has 0 aliphatic carbocycles. The number of benzene rings is 4. The zero-order valence-corrected chi connectivity index (χ0v) is 32.4. The van der Waals surface area contributed by atoms with Crippen LogP contribution in [-0.2, 0) is 22.7 Å². The van der Waals surface area contributed by atoms with Gasteiger partial charge in [-0.3, -0.25) is 14.5 Å². The first kappa shape index (κ1) is 38.0. The summed E-state index contributed by atoms with van der Waals surface area (Å²) in [7, 11) is 1.54. The van der Waals surface area contributed by atoms with E-state index >= 15 is 0 Å². The van der Waals surface area contributed by atoms with Gasteiger partial charge < -0.3 is 23.9 Å². The molecule has 1 aliphatic heterocycles. The van der Waals surface area contributed by atoms with Gasteiger partial charge >= 0.3 is 0 Å². The van der Waals surface area contributed by atoms with Gasteiger partial charge in [0.05, 0.1) is 31.0 Å². The number of rotatable bonds is 13.